The number of halogens is 2. The fourth-order valence-electron chi connectivity index (χ4n) is 3.52. The average molecular weight is 483 g/mol. The van der Waals surface area contributed by atoms with E-state index in [0.717, 1.165) is 12.3 Å². The van der Waals surface area contributed by atoms with E-state index >= 15 is 0 Å². The number of nitrogens with zero attached hydrogens (tertiary/aromatic N) is 3. The van der Waals surface area contributed by atoms with Crippen LogP contribution in [-0.2, 0) is 16.4 Å². The number of aromatic nitrogens is 2. The first kappa shape index (κ1) is 23.2. The lowest BCUT2D eigenvalue weighted by molar-refractivity contribution is 0.0983. The number of hydrogen-bond donors (Lipinski definition) is 1. The number of para-hydroxylation sites is 1. The third-order valence-electron chi connectivity index (χ3n) is 5.28. The molecule has 0 spiro atoms. The van der Waals surface area contributed by atoms with E-state index < -0.39 is 27.4 Å². The average Bonchev–Trinajstić information content (AvgIpc) is 2.79. The van der Waals surface area contributed by atoms with E-state index in [4.69, 9.17) is 5.73 Å². The summed E-state index contributed by atoms with van der Waals surface area (Å²) >= 11 is 0. The van der Waals surface area contributed by atoms with Crippen LogP contribution < -0.4 is 10.6 Å². The van der Waals surface area contributed by atoms with E-state index in [0.29, 0.717) is 16.5 Å². The number of nitrogens with two attached hydrogens (primary N) is 1. The predicted molar refractivity (Wildman–Crippen MR) is 125 cm³/mol. The molecule has 2 heterocycles. The third-order valence-corrected chi connectivity index (χ3v) is 6.42. The van der Waals surface area contributed by atoms with Gasteiger partial charge in [0.1, 0.15) is 5.82 Å². The van der Waals surface area contributed by atoms with Gasteiger partial charge in [-0.1, -0.05) is 24.3 Å². The molecular formula is C24H20F2N4O3S. The lowest BCUT2D eigenvalue weighted by atomic mass is 10.1. The lowest BCUT2D eigenvalue weighted by Crippen LogP contribution is -2.32. The number of sulfone groups is 1. The van der Waals surface area contributed by atoms with Crippen LogP contribution in [0.15, 0.2) is 65.7 Å². The van der Waals surface area contributed by atoms with E-state index in [1.165, 1.54) is 36.2 Å². The zero-order chi connectivity index (χ0) is 24.6. The fourth-order valence-corrected chi connectivity index (χ4v) is 4.41. The SMILES string of the molecule is Cc1ncc(C(=O)N(Cc2ccc3cc(F)c(N)nc3c2)c2ccccc2S(C)(=O)=O)cc1F. The number of amides is 1. The number of carbonyl (C=O) groups is 1. The summed E-state index contributed by atoms with van der Waals surface area (Å²) in [6, 6.07) is 13.3. The molecule has 4 rings (SSSR count). The van der Waals surface area contributed by atoms with Gasteiger partial charge in [-0.3, -0.25) is 9.78 Å². The van der Waals surface area contributed by atoms with Crippen molar-refractivity contribution >= 4 is 38.2 Å². The molecule has 10 heteroatoms. The van der Waals surface area contributed by atoms with Crippen molar-refractivity contribution < 1.29 is 22.0 Å². The summed E-state index contributed by atoms with van der Waals surface area (Å²) in [7, 11) is -3.70. The summed E-state index contributed by atoms with van der Waals surface area (Å²) in [5.74, 6) is -2.21. The zero-order valence-electron chi connectivity index (χ0n) is 18.3. The van der Waals surface area contributed by atoms with Crippen molar-refractivity contribution in [3.8, 4) is 0 Å². The van der Waals surface area contributed by atoms with Crippen molar-refractivity contribution in [2.24, 2.45) is 0 Å². The first-order valence-corrected chi connectivity index (χ1v) is 12.0. The van der Waals surface area contributed by atoms with Gasteiger partial charge < -0.3 is 10.6 Å². The first-order chi connectivity index (χ1) is 16.0. The van der Waals surface area contributed by atoms with Gasteiger partial charge in [-0.2, -0.15) is 0 Å². The van der Waals surface area contributed by atoms with Gasteiger partial charge in [-0.05, 0) is 42.8 Å². The summed E-state index contributed by atoms with van der Waals surface area (Å²) in [5.41, 5.74) is 6.78. The zero-order valence-corrected chi connectivity index (χ0v) is 19.1. The molecule has 7 nitrogen and oxygen atoms in total. The van der Waals surface area contributed by atoms with E-state index in [1.54, 1.807) is 30.3 Å². The predicted octanol–water partition coefficient (Wildman–Crippen LogP) is 4.05. The lowest BCUT2D eigenvalue weighted by Gasteiger charge is -2.25. The van der Waals surface area contributed by atoms with E-state index in [9.17, 15) is 22.0 Å². The van der Waals surface area contributed by atoms with Crippen molar-refractivity contribution in [3.63, 3.8) is 0 Å². The first-order valence-electron chi connectivity index (χ1n) is 10.1. The fraction of sp³-hybridized carbons (Fsp3) is 0.125. The number of aryl methyl sites for hydroxylation is 1. The van der Waals surface area contributed by atoms with Crippen molar-refractivity contribution in [2.75, 3.05) is 16.9 Å². The highest BCUT2D eigenvalue weighted by Crippen LogP contribution is 2.29. The Morgan fingerprint density at radius 1 is 1.06 bits per heavy atom. The van der Waals surface area contributed by atoms with Gasteiger partial charge >= 0.3 is 0 Å². The molecule has 0 aliphatic heterocycles. The van der Waals surface area contributed by atoms with Gasteiger partial charge in [0.2, 0.25) is 0 Å². The molecule has 34 heavy (non-hydrogen) atoms. The van der Waals surface area contributed by atoms with Gasteiger partial charge in [0, 0.05) is 17.8 Å². The minimum absolute atomic E-state index is 0.0448. The van der Waals surface area contributed by atoms with Gasteiger partial charge in [0.15, 0.2) is 21.5 Å². The van der Waals surface area contributed by atoms with Crippen LogP contribution >= 0.6 is 0 Å². The number of benzene rings is 2. The number of anilines is 2. The second kappa shape index (κ2) is 8.79. The number of carbonyl (C=O) groups excluding carboxylic acids is 1. The molecule has 0 bridgehead atoms. The molecule has 2 N–H and O–H groups in total. The molecule has 0 aliphatic rings. The highest BCUT2D eigenvalue weighted by atomic mass is 32.2. The number of pyridine rings is 2. The number of nitrogen functional groups attached to an aromatic ring is 1. The number of hydrogen-bond acceptors (Lipinski definition) is 6. The smallest absolute Gasteiger partial charge is 0.260 e. The summed E-state index contributed by atoms with van der Waals surface area (Å²) in [6.45, 7) is 1.40. The molecule has 0 saturated carbocycles. The molecule has 0 radical (unpaired) electrons. The molecule has 0 saturated heterocycles. The van der Waals surface area contributed by atoms with Crippen LogP contribution in [0.2, 0.25) is 0 Å². The quantitative estimate of drug-likeness (QED) is 0.460. The molecule has 2 aromatic carbocycles. The highest BCUT2D eigenvalue weighted by Gasteiger charge is 2.25. The molecule has 0 atom stereocenters. The molecule has 2 aromatic heterocycles. The second-order valence-electron chi connectivity index (χ2n) is 7.80. The Morgan fingerprint density at radius 2 is 1.79 bits per heavy atom. The Balaban J connectivity index is 1.85. The van der Waals surface area contributed by atoms with Crippen LogP contribution in [0.25, 0.3) is 10.9 Å². The van der Waals surface area contributed by atoms with Crippen LogP contribution in [0.5, 0.6) is 0 Å². The van der Waals surface area contributed by atoms with Gasteiger partial charge in [0.05, 0.1) is 33.9 Å². The van der Waals surface area contributed by atoms with Gasteiger partial charge in [0.25, 0.3) is 5.91 Å². The van der Waals surface area contributed by atoms with E-state index in [1.807, 2.05) is 0 Å². The molecule has 0 aliphatic carbocycles. The molecular weight excluding hydrogens is 462 g/mol. The largest absolute Gasteiger partial charge is 0.381 e. The summed E-state index contributed by atoms with van der Waals surface area (Å²) < 4.78 is 52.8. The maximum atomic E-state index is 14.2. The summed E-state index contributed by atoms with van der Waals surface area (Å²) in [4.78, 5) is 22.6. The van der Waals surface area contributed by atoms with Crippen LogP contribution in [0.3, 0.4) is 0 Å². The van der Waals surface area contributed by atoms with Crippen LogP contribution in [0, 0.1) is 18.6 Å². The minimum atomic E-state index is -3.70. The Bertz CT molecular complexity index is 1540. The number of fused-ring (bicyclic) bond motifs is 1. The van der Waals surface area contributed by atoms with Crippen molar-refractivity contribution in [1.29, 1.82) is 0 Å². The topological polar surface area (TPSA) is 106 Å². The summed E-state index contributed by atoms with van der Waals surface area (Å²) in [5, 5.41) is 0.509. The van der Waals surface area contributed by atoms with Crippen molar-refractivity contribution in [2.45, 2.75) is 18.4 Å². The highest BCUT2D eigenvalue weighted by molar-refractivity contribution is 7.90. The van der Waals surface area contributed by atoms with Gasteiger partial charge in [-0.15, -0.1) is 0 Å². The molecule has 1 amide bonds. The molecule has 0 unspecified atom stereocenters. The Labute approximate surface area is 194 Å². The normalized spacial score (nSPS) is 11.5. The van der Waals surface area contributed by atoms with Crippen molar-refractivity contribution in [1.82, 2.24) is 9.97 Å². The maximum Gasteiger partial charge on any atom is 0.260 e. The number of rotatable bonds is 5. The standard InChI is InChI=1S/C24H20F2N4O3S/c1-14-18(25)11-17(12-28-14)24(31)30(21-5-3-4-6-22(21)34(2,32)33)13-15-7-8-16-10-19(26)23(27)29-20(16)9-15/h3-12H,13H2,1-2H3,(H2,27,29). The molecule has 174 valence electrons. The summed E-state index contributed by atoms with van der Waals surface area (Å²) in [6.07, 6.45) is 2.28. The Hall–Kier alpha value is -3.92. The van der Waals surface area contributed by atoms with Crippen LogP contribution in [0.4, 0.5) is 20.3 Å². The minimum Gasteiger partial charge on any atom is -0.381 e. The Kier molecular flexibility index (Phi) is 6.01. The third kappa shape index (κ3) is 4.58. The maximum absolute atomic E-state index is 14.2. The molecule has 0 fully saturated rings. The van der Waals surface area contributed by atoms with Gasteiger partial charge in [-0.25, -0.2) is 22.2 Å². The second-order valence-corrected chi connectivity index (χ2v) is 9.79. The monoisotopic (exact) mass is 482 g/mol. The van der Waals surface area contributed by atoms with E-state index in [2.05, 4.69) is 9.97 Å². The van der Waals surface area contributed by atoms with Crippen LogP contribution in [-0.4, -0.2) is 30.5 Å². The van der Waals surface area contributed by atoms with E-state index in [-0.39, 0.29) is 34.2 Å². The Morgan fingerprint density at radius 3 is 2.50 bits per heavy atom. The van der Waals surface area contributed by atoms with Crippen LogP contribution in [0.1, 0.15) is 21.6 Å². The molecule has 4 aromatic rings. The van der Waals surface area contributed by atoms with Crippen molar-refractivity contribution in [3.05, 3.63) is 89.2 Å².